The predicted molar refractivity (Wildman–Crippen MR) is 63.3 cm³/mol. The van der Waals surface area contributed by atoms with Crippen molar-refractivity contribution in [1.29, 1.82) is 0 Å². The van der Waals surface area contributed by atoms with Crippen LogP contribution in [-0.2, 0) is 4.79 Å². The third-order valence-corrected chi connectivity index (χ3v) is 3.01. The summed E-state index contributed by atoms with van der Waals surface area (Å²) in [5.74, 6) is -0.145. The quantitative estimate of drug-likeness (QED) is 0.614. The van der Waals surface area contributed by atoms with E-state index in [1.54, 1.807) is 11.8 Å². The molecule has 1 aromatic rings. The highest BCUT2D eigenvalue weighted by Gasteiger charge is 2.03. The lowest BCUT2D eigenvalue weighted by atomic mass is 10.2. The summed E-state index contributed by atoms with van der Waals surface area (Å²) in [5, 5.41) is 8.61. The number of hydrogen-bond donors (Lipinski definition) is 1. The summed E-state index contributed by atoms with van der Waals surface area (Å²) in [6.07, 6.45) is 0.522. The van der Waals surface area contributed by atoms with Gasteiger partial charge in [-0.1, -0.05) is 24.3 Å². The SMILES string of the molecule is C=C(CCSc1ccc(C)cc1)C(=O)O. The van der Waals surface area contributed by atoms with E-state index >= 15 is 0 Å². The van der Waals surface area contributed by atoms with E-state index in [4.69, 9.17) is 5.11 Å². The minimum atomic E-state index is -0.903. The Bertz CT molecular complexity index is 354. The van der Waals surface area contributed by atoms with Gasteiger partial charge in [0.05, 0.1) is 0 Å². The largest absolute Gasteiger partial charge is 0.478 e. The normalized spacial score (nSPS) is 9.93. The van der Waals surface area contributed by atoms with Crippen molar-refractivity contribution in [2.75, 3.05) is 5.75 Å². The van der Waals surface area contributed by atoms with E-state index in [1.807, 2.05) is 31.2 Å². The van der Waals surface area contributed by atoms with E-state index in [9.17, 15) is 4.79 Å². The Labute approximate surface area is 94.0 Å². The van der Waals surface area contributed by atoms with Gasteiger partial charge in [0.2, 0.25) is 0 Å². The predicted octanol–water partition coefficient (Wildman–Crippen LogP) is 3.12. The Kier molecular flexibility index (Phi) is 4.43. The summed E-state index contributed by atoms with van der Waals surface area (Å²) < 4.78 is 0. The average Bonchev–Trinajstić information content (AvgIpc) is 2.20. The zero-order chi connectivity index (χ0) is 11.3. The van der Waals surface area contributed by atoms with Gasteiger partial charge in [0.15, 0.2) is 0 Å². The van der Waals surface area contributed by atoms with E-state index in [1.165, 1.54) is 10.5 Å². The molecule has 1 N–H and O–H groups in total. The van der Waals surface area contributed by atoms with Crippen molar-refractivity contribution in [3.8, 4) is 0 Å². The molecular weight excluding hydrogens is 208 g/mol. The molecule has 0 amide bonds. The number of thioether (sulfide) groups is 1. The van der Waals surface area contributed by atoms with Crippen molar-refractivity contribution < 1.29 is 9.90 Å². The maximum Gasteiger partial charge on any atom is 0.330 e. The highest BCUT2D eigenvalue weighted by molar-refractivity contribution is 7.99. The van der Waals surface area contributed by atoms with Crippen molar-refractivity contribution in [1.82, 2.24) is 0 Å². The van der Waals surface area contributed by atoms with Gasteiger partial charge in [-0.2, -0.15) is 0 Å². The summed E-state index contributed by atoms with van der Waals surface area (Å²) in [7, 11) is 0. The monoisotopic (exact) mass is 222 g/mol. The molecule has 0 saturated heterocycles. The van der Waals surface area contributed by atoms with Crippen LogP contribution in [0, 0.1) is 6.92 Å². The minimum Gasteiger partial charge on any atom is -0.478 e. The molecule has 2 nitrogen and oxygen atoms in total. The van der Waals surface area contributed by atoms with Crippen LogP contribution in [0.4, 0.5) is 0 Å². The van der Waals surface area contributed by atoms with Crippen LogP contribution in [0.5, 0.6) is 0 Å². The van der Waals surface area contributed by atoms with E-state index < -0.39 is 5.97 Å². The Morgan fingerprint density at radius 2 is 2.00 bits per heavy atom. The second-order valence-electron chi connectivity index (χ2n) is 3.32. The minimum absolute atomic E-state index is 0.273. The fourth-order valence-corrected chi connectivity index (χ4v) is 1.95. The lowest BCUT2D eigenvalue weighted by Crippen LogP contribution is -1.99. The van der Waals surface area contributed by atoms with Crippen molar-refractivity contribution >= 4 is 17.7 Å². The van der Waals surface area contributed by atoms with Crippen molar-refractivity contribution in [3.05, 3.63) is 42.0 Å². The second-order valence-corrected chi connectivity index (χ2v) is 4.49. The zero-order valence-electron chi connectivity index (χ0n) is 8.69. The lowest BCUT2D eigenvalue weighted by Gasteiger charge is -2.02. The maximum absolute atomic E-state index is 10.5. The number of rotatable bonds is 5. The molecule has 0 spiro atoms. The van der Waals surface area contributed by atoms with Crippen LogP contribution < -0.4 is 0 Å². The van der Waals surface area contributed by atoms with Gasteiger partial charge < -0.3 is 5.11 Å². The van der Waals surface area contributed by atoms with Crippen molar-refractivity contribution in [3.63, 3.8) is 0 Å². The molecule has 0 heterocycles. The third-order valence-electron chi connectivity index (χ3n) is 2.00. The van der Waals surface area contributed by atoms with Gasteiger partial charge in [0.25, 0.3) is 0 Å². The lowest BCUT2D eigenvalue weighted by molar-refractivity contribution is -0.132. The van der Waals surface area contributed by atoms with Gasteiger partial charge >= 0.3 is 5.97 Å². The zero-order valence-corrected chi connectivity index (χ0v) is 9.51. The van der Waals surface area contributed by atoms with Crippen molar-refractivity contribution in [2.24, 2.45) is 0 Å². The number of carboxylic acids is 1. The number of aliphatic carboxylic acids is 1. The fourth-order valence-electron chi connectivity index (χ4n) is 1.03. The van der Waals surface area contributed by atoms with Crippen LogP contribution >= 0.6 is 11.8 Å². The molecule has 0 fully saturated rings. The van der Waals surface area contributed by atoms with E-state index in [0.29, 0.717) is 6.42 Å². The van der Waals surface area contributed by atoms with Gasteiger partial charge in [-0.15, -0.1) is 11.8 Å². The number of aryl methyl sites for hydroxylation is 1. The molecule has 0 radical (unpaired) electrons. The molecule has 0 aliphatic carbocycles. The standard InChI is InChI=1S/C12H14O2S/c1-9-3-5-11(6-4-9)15-8-7-10(2)12(13)14/h3-6H,2,7-8H2,1H3,(H,13,14). The first kappa shape index (κ1) is 11.9. The van der Waals surface area contributed by atoms with Crippen molar-refractivity contribution in [2.45, 2.75) is 18.2 Å². The molecular formula is C12H14O2S. The number of carboxylic acid groups (broad SMARTS) is 1. The summed E-state index contributed by atoms with van der Waals surface area (Å²) in [6.45, 7) is 5.53. The van der Waals surface area contributed by atoms with E-state index in [2.05, 4.69) is 6.58 Å². The Balaban J connectivity index is 2.35. The van der Waals surface area contributed by atoms with Crippen LogP contribution in [0.1, 0.15) is 12.0 Å². The topological polar surface area (TPSA) is 37.3 Å². The van der Waals surface area contributed by atoms with E-state index in [-0.39, 0.29) is 5.57 Å². The van der Waals surface area contributed by atoms with Crippen LogP contribution in [0.2, 0.25) is 0 Å². The molecule has 0 aliphatic rings. The van der Waals surface area contributed by atoms with Gasteiger partial charge in [-0.05, 0) is 25.5 Å². The summed E-state index contributed by atoms with van der Waals surface area (Å²) >= 11 is 1.65. The van der Waals surface area contributed by atoms with Crippen LogP contribution in [0.3, 0.4) is 0 Å². The first-order valence-corrected chi connectivity index (χ1v) is 5.68. The van der Waals surface area contributed by atoms with Gasteiger partial charge in [-0.3, -0.25) is 0 Å². The van der Waals surface area contributed by atoms with Crippen LogP contribution in [0.25, 0.3) is 0 Å². The van der Waals surface area contributed by atoms with Gasteiger partial charge in [-0.25, -0.2) is 4.79 Å². The maximum atomic E-state index is 10.5. The summed E-state index contributed by atoms with van der Waals surface area (Å²) in [4.78, 5) is 11.6. The van der Waals surface area contributed by atoms with E-state index in [0.717, 1.165) is 5.75 Å². The fraction of sp³-hybridized carbons (Fsp3) is 0.250. The third kappa shape index (κ3) is 4.21. The molecule has 0 saturated carbocycles. The first-order chi connectivity index (χ1) is 7.09. The van der Waals surface area contributed by atoms with Gasteiger partial charge in [0.1, 0.15) is 0 Å². The molecule has 80 valence electrons. The molecule has 1 aromatic carbocycles. The first-order valence-electron chi connectivity index (χ1n) is 4.70. The molecule has 1 rings (SSSR count). The van der Waals surface area contributed by atoms with Gasteiger partial charge in [0, 0.05) is 16.2 Å². The molecule has 0 unspecified atom stereocenters. The molecule has 0 atom stereocenters. The Hall–Kier alpha value is -1.22. The number of carbonyl (C=O) groups is 1. The molecule has 0 aliphatic heterocycles. The molecule has 15 heavy (non-hydrogen) atoms. The van der Waals surface area contributed by atoms with Crippen LogP contribution in [0.15, 0.2) is 41.3 Å². The average molecular weight is 222 g/mol. The Morgan fingerprint density at radius 3 is 2.53 bits per heavy atom. The summed E-state index contributed by atoms with van der Waals surface area (Å²) in [5.41, 5.74) is 1.50. The molecule has 0 aromatic heterocycles. The summed E-state index contributed by atoms with van der Waals surface area (Å²) in [6, 6.07) is 8.19. The Morgan fingerprint density at radius 1 is 1.40 bits per heavy atom. The highest BCUT2D eigenvalue weighted by atomic mass is 32.2. The number of benzene rings is 1. The molecule has 3 heteroatoms. The number of hydrogen-bond acceptors (Lipinski definition) is 2. The van der Waals surface area contributed by atoms with Crippen LogP contribution in [-0.4, -0.2) is 16.8 Å². The second kappa shape index (κ2) is 5.61. The smallest absolute Gasteiger partial charge is 0.330 e. The molecule has 0 bridgehead atoms. The highest BCUT2D eigenvalue weighted by Crippen LogP contribution is 2.20.